The molecule has 1 aliphatic rings. The quantitative estimate of drug-likeness (QED) is 0.878. The van der Waals surface area contributed by atoms with E-state index in [0.29, 0.717) is 0 Å². The van der Waals surface area contributed by atoms with E-state index in [9.17, 15) is 0 Å². The van der Waals surface area contributed by atoms with Gasteiger partial charge < -0.3 is 5.73 Å². The molecule has 14 heavy (non-hydrogen) atoms. The molecular weight excluding hydrogens is 261 g/mol. The average molecular weight is 277 g/mol. The molecule has 0 spiro atoms. The minimum atomic E-state index is 0. The summed E-state index contributed by atoms with van der Waals surface area (Å²) in [6.07, 6.45) is 2.60. The van der Waals surface area contributed by atoms with Crippen molar-refractivity contribution < 1.29 is 0 Å². The Kier molecular flexibility index (Phi) is 3.99. The summed E-state index contributed by atoms with van der Waals surface area (Å²) >= 11 is 3.48. The van der Waals surface area contributed by atoms with E-state index in [2.05, 4.69) is 41.1 Å². The molecule has 0 radical (unpaired) electrons. The van der Waals surface area contributed by atoms with Crippen LogP contribution in [0.5, 0.6) is 0 Å². The number of hydrogen-bond acceptors (Lipinski definition) is 1. The first-order chi connectivity index (χ1) is 6.18. The number of nitrogens with two attached hydrogens (primary N) is 1. The molecule has 1 nitrogen and oxygen atoms in total. The van der Waals surface area contributed by atoms with Crippen molar-refractivity contribution in [1.82, 2.24) is 0 Å². The van der Waals surface area contributed by atoms with Gasteiger partial charge in [0, 0.05) is 10.5 Å². The number of benzene rings is 1. The van der Waals surface area contributed by atoms with Gasteiger partial charge >= 0.3 is 0 Å². The van der Waals surface area contributed by atoms with Crippen LogP contribution in [0.4, 0.5) is 0 Å². The molecule has 78 valence electrons. The van der Waals surface area contributed by atoms with Gasteiger partial charge in [0.1, 0.15) is 0 Å². The molecule has 1 aliphatic carbocycles. The highest BCUT2D eigenvalue weighted by Gasteiger charge is 2.30. The van der Waals surface area contributed by atoms with Gasteiger partial charge in [-0.1, -0.05) is 22.0 Å². The van der Waals surface area contributed by atoms with Crippen LogP contribution < -0.4 is 5.73 Å². The molecule has 3 heteroatoms. The van der Waals surface area contributed by atoms with Gasteiger partial charge in [0.15, 0.2) is 0 Å². The first-order valence-electron chi connectivity index (χ1n) is 4.70. The third kappa shape index (κ3) is 2.50. The second-order valence-corrected chi connectivity index (χ2v) is 4.78. The fourth-order valence-electron chi connectivity index (χ4n) is 1.68. The molecular formula is C11H15BrClN. The molecule has 0 aliphatic heterocycles. The Balaban J connectivity index is 0.000000980. The third-order valence-corrected chi connectivity index (χ3v) is 3.22. The van der Waals surface area contributed by atoms with Crippen LogP contribution in [0.15, 0.2) is 22.7 Å². The fourth-order valence-corrected chi connectivity index (χ4v) is 2.06. The number of hydrogen-bond donors (Lipinski definition) is 1. The van der Waals surface area contributed by atoms with Crippen molar-refractivity contribution >= 4 is 28.3 Å². The van der Waals surface area contributed by atoms with Crippen LogP contribution in [0, 0.1) is 12.8 Å². The maximum absolute atomic E-state index is 6.15. The van der Waals surface area contributed by atoms with Gasteiger partial charge in [-0.15, -0.1) is 12.4 Å². The monoisotopic (exact) mass is 275 g/mol. The Bertz CT molecular complexity index is 323. The zero-order valence-electron chi connectivity index (χ0n) is 8.16. The van der Waals surface area contributed by atoms with Crippen LogP contribution in [-0.2, 0) is 0 Å². The smallest absolute Gasteiger partial charge is 0.0326 e. The lowest BCUT2D eigenvalue weighted by Gasteiger charge is -2.13. The maximum atomic E-state index is 6.15. The minimum Gasteiger partial charge on any atom is -0.324 e. The topological polar surface area (TPSA) is 26.0 Å². The van der Waals surface area contributed by atoms with E-state index in [-0.39, 0.29) is 18.4 Å². The second-order valence-electron chi connectivity index (χ2n) is 3.86. The van der Waals surface area contributed by atoms with Gasteiger partial charge in [0.05, 0.1) is 0 Å². The van der Waals surface area contributed by atoms with E-state index in [1.165, 1.54) is 24.0 Å². The van der Waals surface area contributed by atoms with E-state index in [1.54, 1.807) is 0 Å². The highest BCUT2D eigenvalue weighted by Crippen LogP contribution is 2.40. The van der Waals surface area contributed by atoms with E-state index in [1.807, 2.05) is 0 Å². The molecule has 2 N–H and O–H groups in total. The fraction of sp³-hybridized carbons (Fsp3) is 0.455. The molecule has 0 amide bonds. The van der Waals surface area contributed by atoms with Crippen LogP contribution in [0.2, 0.25) is 0 Å². The molecule has 1 fully saturated rings. The van der Waals surface area contributed by atoms with Gasteiger partial charge in [-0.3, -0.25) is 0 Å². The number of halogens is 2. The van der Waals surface area contributed by atoms with Gasteiger partial charge in [-0.25, -0.2) is 0 Å². The first kappa shape index (κ1) is 12.0. The standard InChI is InChI=1S/C11H14BrN.ClH/c1-7-2-5-9(12)6-10(7)11(13)8-3-4-8;/h2,5-6,8,11H,3-4,13H2,1H3;1H/t11-;/m0./s1. The Morgan fingerprint density at radius 1 is 1.43 bits per heavy atom. The summed E-state index contributed by atoms with van der Waals surface area (Å²) in [6.45, 7) is 2.13. The second kappa shape index (κ2) is 4.65. The number of aryl methyl sites for hydroxylation is 1. The lowest BCUT2D eigenvalue weighted by atomic mass is 9.99. The SMILES string of the molecule is Cc1ccc(Br)cc1[C@@H](N)C1CC1.Cl. The largest absolute Gasteiger partial charge is 0.324 e. The van der Waals surface area contributed by atoms with Gasteiger partial charge in [0.25, 0.3) is 0 Å². The van der Waals surface area contributed by atoms with E-state index in [4.69, 9.17) is 5.73 Å². The van der Waals surface area contributed by atoms with Crippen molar-refractivity contribution in [3.05, 3.63) is 33.8 Å². The lowest BCUT2D eigenvalue weighted by Crippen LogP contribution is -2.13. The zero-order chi connectivity index (χ0) is 9.42. The first-order valence-corrected chi connectivity index (χ1v) is 5.49. The maximum Gasteiger partial charge on any atom is 0.0326 e. The highest BCUT2D eigenvalue weighted by molar-refractivity contribution is 9.10. The summed E-state index contributed by atoms with van der Waals surface area (Å²) in [5.41, 5.74) is 8.76. The molecule has 2 rings (SSSR count). The predicted octanol–water partition coefficient (Wildman–Crippen LogP) is 3.59. The van der Waals surface area contributed by atoms with Gasteiger partial charge in [0.2, 0.25) is 0 Å². The lowest BCUT2D eigenvalue weighted by molar-refractivity contribution is 0.629. The van der Waals surface area contributed by atoms with E-state index < -0.39 is 0 Å². The summed E-state index contributed by atoms with van der Waals surface area (Å²) in [7, 11) is 0. The van der Waals surface area contributed by atoms with Crippen LogP contribution in [0.25, 0.3) is 0 Å². The van der Waals surface area contributed by atoms with Gasteiger partial charge in [-0.05, 0) is 48.9 Å². The molecule has 1 atom stereocenters. The Hall–Kier alpha value is -0.0500. The van der Waals surface area contributed by atoms with Crippen LogP contribution in [0.1, 0.15) is 30.0 Å². The highest BCUT2D eigenvalue weighted by atomic mass is 79.9. The van der Waals surface area contributed by atoms with Crippen LogP contribution >= 0.6 is 28.3 Å². The minimum absolute atomic E-state index is 0. The summed E-state index contributed by atoms with van der Waals surface area (Å²) in [4.78, 5) is 0. The molecule has 1 aromatic carbocycles. The van der Waals surface area contributed by atoms with E-state index >= 15 is 0 Å². The van der Waals surface area contributed by atoms with Crippen molar-refractivity contribution in [2.24, 2.45) is 11.7 Å². The molecule has 0 unspecified atom stereocenters. The van der Waals surface area contributed by atoms with Crippen molar-refractivity contribution in [3.63, 3.8) is 0 Å². The van der Waals surface area contributed by atoms with Crippen molar-refractivity contribution in [2.45, 2.75) is 25.8 Å². The normalized spacial score (nSPS) is 17.4. The predicted molar refractivity (Wildman–Crippen MR) is 65.8 cm³/mol. The molecule has 0 heterocycles. The molecule has 0 bridgehead atoms. The summed E-state index contributed by atoms with van der Waals surface area (Å²) in [5.74, 6) is 0.730. The Morgan fingerprint density at radius 3 is 2.64 bits per heavy atom. The summed E-state index contributed by atoms with van der Waals surface area (Å²) < 4.78 is 1.13. The summed E-state index contributed by atoms with van der Waals surface area (Å²) in [6, 6.07) is 6.59. The van der Waals surface area contributed by atoms with Crippen molar-refractivity contribution in [1.29, 1.82) is 0 Å². The van der Waals surface area contributed by atoms with E-state index in [0.717, 1.165) is 10.4 Å². The van der Waals surface area contributed by atoms with Crippen LogP contribution in [0.3, 0.4) is 0 Å². The number of rotatable bonds is 2. The molecule has 1 aromatic rings. The Morgan fingerprint density at radius 2 is 2.07 bits per heavy atom. The summed E-state index contributed by atoms with van der Waals surface area (Å²) in [5, 5.41) is 0. The van der Waals surface area contributed by atoms with Crippen molar-refractivity contribution in [2.75, 3.05) is 0 Å². The molecule has 0 aromatic heterocycles. The molecule has 1 saturated carbocycles. The average Bonchev–Trinajstić information content (AvgIpc) is 2.91. The zero-order valence-corrected chi connectivity index (χ0v) is 10.6. The van der Waals surface area contributed by atoms with Crippen molar-refractivity contribution in [3.8, 4) is 0 Å². The molecule has 0 saturated heterocycles. The van der Waals surface area contributed by atoms with Crippen LogP contribution in [-0.4, -0.2) is 0 Å². The Labute approximate surface area is 99.6 Å². The van der Waals surface area contributed by atoms with Gasteiger partial charge in [-0.2, -0.15) is 0 Å². The third-order valence-electron chi connectivity index (χ3n) is 2.73.